The number of carbonyl (C=O) groups excluding carboxylic acids is 1. The number of nitrogens with zero attached hydrogens (tertiary/aromatic N) is 2. The Labute approximate surface area is 137 Å². The third-order valence-electron chi connectivity index (χ3n) is 5.37. The SMILES string of the molecule is Cc1ccc(CN(C(=O)CN2CCO[C@@H]3CCC[C@H]32)C2CC2)o1. The van der Waals surface area contributed by atoms with Gasteiger partial charge >= 0.3 is 0 Å². The smallest absolute Gasteiger partial charge is 0.237 e. The summed E-state index contributed by atoms with van der Waals surface area (Å²) in [6.45, 7) is 4.72. The van der Waals surface area contributed by atoms with E-state index in [2.05, 4.69) is 4.90 Å². The highest BCUT2D eigenvalue weighted by Crippen LogP contribution is 2.31. The first-order chi connectivity index (χ1) is 11.2. The maximum absolute atomic E-state index is 12.9. The third-order valence-corrected chi connectivity index (χ3v) is 5.37. The van der Waals surface area contributed by atoms with Crippen LogP contribution < -0.4 is 0 Å². The molecule has 126 valence electrons. The van der Waals surface area contributed by atoms with Gasteiger partial charge in [0.2, 0.25) is 5.91 Å². The standard InChI is InChI=1S/C18H26N2O3/c1-13-5-8-15(23-13)11-20(14-6-7-14)18(21)12-19-9-10-22-17-4-2-3-16(17)19/h5,8,14,16-17H,2-4,6-7,9-12H2,1H3/t16-,17-/m1/s1. The van der Waals surface area contributed by atoms with Crippen LogP contribution in [0.15, 0.2) is 16.5 Å². The lowest BCUT2D eigenvalue weighted by molar-refractivity contribution is -0.137. The van der Waals surface area contributed by atoms with Crippen molar-refractivity contribution in [2.75, 3.05) is 19.7 Å². The van der Waals surface area contributed by atoms with Crippen LogP contribution in [0.5, 0.6) is 0 Å². The Hall–Kier alpha value is -1.33. The molecule has 23 heavy (non-hydrogen) atoms. The summed E-state index contributed by atoms with van der Waals surface area (Å²) in [7, 11) is 0. The van der Waals surface area contributed by atoms with Crippen molar-refractivity contribution in [1.29, 1.82) is 0 Å². The van der Waals surface area contributed by atoms with Crippen LogP contribution in [0.2, 0.25) is 0 Å². The summed E-state index contributed by atoms with van der Waals surface area (Å²) < 4.78 is 11.5. The molecule has 0 bridgehead atoms. The second-order valence-corrected chi connectivity index (χ2v) is 7.14. The van der Waals surface area contributed by atoms with Crippen LogP contribution in [0.3, 0.4) is 0 Å². The number of ether oxygens (including phenoxy) is 1. The van der Waals surface area contributed by atoms with Crippen LogP contribution in [0.1, 0.15) is 43.6 Å². The van der Waals surface area contributed by atoms with E-state index in [-0.39, 0.29) is 5.91 Å². The Kier molecular flexibility index (Phi) is 4.16. The van der Waals surface area contributed by atoms with Crippen LogP contribution in [-0.4, -0.2) is 53.6 Å². The van der Waals surface area contributed by atoms with Crippen LogP contribution in [0.25, 0.3) is 0 Å². The lowest BCUT2D eigenvalue weighted by atomic mass is 10.1. The van der Waals surface area contributed by atoms with E-state index in [1.54, 1.807) is 0 Å². The Bertz CT molecular complexity index is 566. The molecule has 1 saturated heterocycles. The fraction of sp³-hybridized carbons (Fsp3) is 0.722. The van der Waals surface area contributed by atoms with E-state index in [0.29, 0.717) is 31.3 Å². The van der Waals surface area contributed by atoms with Gasteiger partial charge in [-0.3, -0.25) is 9.69 Å². The van der Waals surface area contributed by atoms with Crippen molar-refractivity contribution in [3.63, 3.8) is 0 Å². The van der Waals surface area contributed by atoms with Gasteiger partial charge in [0.1, 0.15) is 11.5 Å². The summed E-state index contributed by atoms with van der Waals surface area (Å²) in [6, 6.07) is 4.81. The number of hydrogen-bond donors (Lipinski definition) is 0. The van der Waals surface area contributed by atoms with Gasteiger partial charge in [-0.1, -0.05) is 0 Å². The summed E-state index contributed by atoms with van der Waals surface area (Å²) in [5.41, 5.74) is 0. The van der Waals surface area contributed by atoms with E-state index in [9.17, 15) is 4.79 Å². The number of aryl methyl sites for hydroxylation is 1. The third kappa shape index (κ3) is 3.31. The average Bonchev–Trinajstić information content (AvgIpc) is 3.10. The molecule has 3 fully saturated rings. The van der Waals surface area contributed by atoms with E-state index in [4.69, 9.17) is 9.15 Å². The van der Waals surface area contributed by atoms with Crippen molar-refractivity contribution in [2.24, 2.45) is 0 Å². The molecule has 2 heterocycles. The van der Waals surface area contributed by atoms with Crippen molar-refractivity contribution in [1.82, 2.24) is 9.80 Å². The predicted molar refractivity (Wildman–Crippen MR) is 86.0 cm³/mol. The molecule has 1 aliphatic heterocycles. The molecule has 1 aromatic rings. The zero-order chi connectivity index (χ0) is 15.8. The molecule has 0 spiro atoms. The molecule has 2 atom stereocenters. The highest BCUT2D eigenvalue weighted by Gasteiger charge is 2.39. The lowest BCUT2D eigenvalue weighted by Crippen LogP contribution is -2.52. The summed E-state index contributed by atoms with van der Waals surface area (Å²) in [5, 5.41) is 0. The predicted octanol–water partition coefficient (Wildman–Crippen LogP) is 2.33. The number of morpholine rings is 1. The van der Waals surface area contributed by atoms with E-state index >= 15 is 0 Å². The molecular formula is C18H26N2O3. The van der Waals surface area contributed by atoms with Crippen molar-refractivity contribution in [3.05, 3.63) is 23.7 Å². The minimum absolute atomic E-state index is 0.245. The lowest BCUT2D eigenvalue weighted by Gasteiger charge is -2.38. The maximum Gasteiger partial charge on any atom is 0.237 e. The molecule has 5 nitrogen and oxygen atoms in total. The van der Waals surface area contributed by atoms with Gasteiger partial charge in [-0.05, 0) is 51.2 Å². The monoisotopic (exact) mass is 318 g/mol. The molecule has 0 N–H and O–H groups in total. The fourth-order valence-electron chi connectivity index (χ4n) is 4.01. The molecule has 4 rings (SSSR count). The number of hydrogen-bond acceptors (Lipinski definition) is 4. The molecule has 0 radical (unpaired) electrons. The molecular weight excluding hydrogens is 292 g/mol. The minimum Gasteiger partial charge on any atom is -0.464 e. The topological polar surface area (TPSA) is 45.9 Å². The van der Waals surface area contributed by atoms with Gasteiger partial charge in [-0.25, -0.2) is 0 Å². The number of fused-ring (bicyclic) bond motifs is 1. The van der Waals surface area contributed by atoms with E-state index < -0.39 is 0 Å². The second-order valence-electron chi connectivity index (χ2n) is 7.14. The largest absolute Gasteiger partial charge is 0.464 e. The molecule has 3 aliphatic rings. The Morgan fingerprint density at radius 1 is 1.30 bits per heavy atom. The molecule has 1 amide bonds. The van der Waals surface area contributed by atoms with Gasteiger partial charge in [0.05, 0.1) is 25.8 Å². The van der Waals surface area contributed by atoms with Crippen molar-refractivity contribution < 1.29 is 13.9 Å². The molecule has 0 unspecified atom stereocenters. The molecule has 0 aromatic carbocycles. The average molecular weight is 318 g/mol. The molecule has 2 saturated carbocycles. The fourth-order valence-corrected chi connectivity index (χ4v) is 4.01. The Balaban J connectivity index is 1.41. The normalized spacial score (nSPS) is 27.9. The van der Waals surface area contributed by atoms with Gasteiger partial charge < -0.3 is 14.1 Å². The number of furan rings is 1. The van der Waals surface area contributed by atoms with Crippen LogP contribution in [0.4, 0.5) is 0 Å². The van der Waals surface area contributed by atoms with Gasteiger partial charge in [0.25, 0.3) is 0 Å². The van der Waals surface area contributed by atoms with E-state index in [0.717, 1.165) is 43.9 Å². The van der Waals surface area contributed by atoms with Gasteiger partial charge in [-0.15, -0.1) is 0 Å². The first-order valence-corrected chi connectivity index (χ1v) is 8.91. The summed E-state index contributed by atoms with van der Waals surface area (Å²) in [5.74, 6) is 2.04. The van der Waals surface area contributed by atoms with Crippen molar-refractivity contribution >= 4 is 5.91 Å². The van der Waals surface area contributed by atoms with Crippen molar-refractivity contribution in [3.8, 4) is 0 Å². The van der Waals surface area contributed by atoms with E-state index in [1.165, 1.54) is 12.8 Å². The molecule has 1 aromatic heterocycles. The van der Waals surface area contributed by atoms with Crippen LogP contribution in [0, 0.1) is 6.92 Å². The first-order valence-electron chi connectivity index (χ1n) is 8.91. The summed E-state index contributed by atoms with van der Waals surface area (Å²) in [6.07, 6.45) is 6.13. The number of amides is 1. The van der Waals surface area contributed by atoms with E-state index in [1.807, 2.05) is 24.0 Å². The number of carbonyl (C=O) groups is 1. The Morgan fingerprint density at radius 3 is 2.91 bits per heavy atom. The van der Waals surface area contributed by atoms with Gasteiger partial charge in [0.15, 0.2) is 0 Å². The van der Waals surface area contributed by atoms with Gasteiger partial charge in [-0.2, -0.15) is 0 Å². The maximum atomic E-state index is 12.9. The van der Waals surface area contributed by atoms with Crippen molar-refractivity contribution in [2.45, 2.75) is 63.8 Å². The molecule has 5 heteroatoms. The molecule has 2 aliphatic carbocycles. The highest BCUT2D eigenvalue weighted by atomic mass is 16.5. The van der Waals surface area contributed by atoms with Crippen LogP contribution >= 0.6 is 0 Å². The summed E-state index contributed by atoms with van der Waals surface area (Å²) in [4.78, 5) is 17.3. The second kappa shape index (κ2) is 6.29. The first kappa shape index (κ1) is 15.2. The highest BCUT2D eigenvalue weighted by molar-refractivity contribution is 5.79. The van der Waals surface area contributed by atoms with Crippen LogP contribution in [-0.2, 0) is 16.1 Å². The number of rotatable bonds is 5. The summed E-state index contributed by atoms with van der Waals surface area (Å²) >= 11 is 0. The zero-order valence-electron chi connectivity index (χ0n) is 13.9. The zero-order valence-corrected chi connectivity index (χ0v) is 13.9. The minimum atomic E-state index is 0.245. The quantitative estimate of drug-likeness (QED) is 0.836. The Morgan fingerprint density at radius 2 is 2.17 bits per heavy atom. The van der Waals surface area contributed by atoms with Gasteiger partial charge in [0, 0.05) is 18.6 Å².